The van der Waals surface area contributed by atoms with Crippen molar-refractivity contribution in [2.24, 2.45) is 23.5 Å². The molecule has 1 spiro atoms. The Morgan fingerprint density at radius 2 is 1.75 bits per heavy atom. The minimum Gasteiger partial charge on any atom is -0.352 e. The SMILES string of the molecule is NC(=O)NC12CC3CC(C1)C(N1CC4(C=c5ccccc5=C4)NC1=O)C(C3)C2. The first-order valence-electron chi connectivity index (χ1n) is 10.4. The Bertz CT molecular complexity index is 951. The normalized spacial score (nSPS) is 38.7. The molecule has 6 heteroatoms. The molecule has 1 saturated heterocycles. The third-order valence-corrected chi connectivity index (χ3v) is 7.83. The Kier molecular flexibility index (Phi) is 3.12. The maximum atomic E-state index is 13.1. The highest BCUT2D eigenvalue weighted by molar-refractivity contribution is 5.85. The second kappa shape index (κ2) is 5.31. The molecule has 5 fully saturated rings. The smallest absolute Gasteiger partial charge is 0.318 e. The zero-order chi connectivity index (χ0) is 19.1. The molecule has 2 unspecified atom stereocenters. The molecule has 5 aliphatic carbocycles. The summed E-state index contributed by atoms with van der Waals surface area (Å²) in [5, 5.41) is 8.73. The Morgan fingerprint density at radius 3 is 2.36 bits per heavy atom. The van der Waals surface area contributed by atoms with Crippen LogP contribution < -0.4 is 26.8 Å². The van der Waals surface area contributed by atoms with Crippen molar-refractivity contribution < 1.29 is 9.59 Å². The van der Waals surface area contributed by atoms with Gasteiger partial charge in [-0.05, 0) is 72.4 Å². The molecule has 6 aliphatic rings. The van der Waals surface area contributed by atoms with Crippen LogP contribution in [0.4, 0.5) is 9.59 Å². The molecule has 28 heavy (non-hydrogen) atoms. The number of fused-ring (bicyclic) bond motifs is 1. The summed E-state index contributed by atoms with van der Waals surface area (Å²) >= 11 is 0. The quantitative estimate of drug-likeness (QED) is 0.705. The predicted molar refractivity (Wildman–Crippen MR) is 105 cm³/mol. The Labute approximate surface area is 163 Å². The molecule has 1 aromatic rings. The van der Waals surface area contributed by atoms with E-state index in [0.717, 1.165) is 32.1 Å². The summed E-state index contributed by atoms with van der Waals surface area (Å²) in [6, 6.07) is 8.21. The van der Waals surface area contributed by atoms with E-state index in [1.165, 1.54) is 10.4 Å². The number of rotatable bonds is 2. The van der Waals surface area contributed by atoms with Crippen LogP contribution >= 0.6 is 0 Å². The van der Waals surface area contributed by atoms with E-state index in [1.54, 1.807) is 0 Å². The van der Waals surface area contributed by atoms with Crippen LogP contribution in [0.2, 0.25) is 0 Å². The number of nitrogens with zero attached hydrogens (tertiary/aromatic N) is 1. The number of carbonyl (C=O) groups excluding carboxylic acids is 2. The number of carbonyl (C=O) groups is 2. The van der Waals surface area contributed by atoms with Crippen molar-refractivity contribution in [3.63, 3.8) is 0 Å². The van der Waals surface area contributed by atoms with Gasteiger partial charge in [-0.25, -0.2) is 9.59 Å². The molecule has 4 saturated carbocycles. The van der Waals surface area contributed by atoms with Gasteiger partial charge in [0.25, 0.3) is 0 Å². The number of urea groups is 2. The summed E-state index contributed by atoms with van der Waals surface area (Å²) < 4.78 is 0. The predicted octanol–water partition coefficient (Wildman–Crippen LogP) is 0.641. The lowest BCUT2D eigenvalue weighted by Gasteiger charge is -2.61. The Balaban J connectivity index is 1.30. The maximum absolute atomic E-state index is 13.1. The number of amides is 4. The lowest BCUT2D eigenvalue weighted by atomic mass is 9.50. The first kappa shape index (κ1) is 16.5. The van der Waals surface area contributed by atoms with E-state index in [1.807, 2.05) is 12.1 Å². The molecule has 1 heterocycles. The van der Waals surface area contributed by atoms with Crippen molar-refractivity contribution in [2.75, 3.05) is 6.54 Å². The van der Waals surface area contributed by atoms with Crippen LogP contribution in [-0.4, -0.2) is 40.6 Å². The van der Waals surface area contributed by atoms with Gasteiger partial charge in [-0.2, -0.15) is 0 Å². The van der Waals surface area contributed by atoms with Crippen LogP contribution in [0, 0.1) is 17.8 Å². The van der Waals surface area contributed by atoms with E-state index in [4.69, 9.17) is 5.73 Å². The molecular weight excluding hydrogens is 352 g/mol. The fourth-order valence-corrected chi connectivity index (χ4v) is 7.36. The monoisotopic (exact) mass is 378 g/mol. The van der Waals surface area contributed by atoms with E-state index in [-0.39, 0.29) is 17.6 Å². The van der Waals surface area contributed by atoms with Gasteiger partial charge in [0.05, 0.1) is 12.1 Å². The minimum absolute atomic E-state index is 0.0506. The van der Waals surface area contributed by atoms with Crippen molar-refractivity contribution in [2.45, 2.75) is 49.2 Å². The van der Waals surface area contributed by atoms with Crippen LogP contribution in [0.1, 0.15) is 32.1 Å². The zero-order valence-corrected chi connectivity index (χ0v) is 15.9. The third kappa shape index (κ3) is 2.26. The standard InChI is InChI=1S/C22H26N4O2/c23-19(27)24-21-7-13-5-16(10-21)18(17(6-13)11-21)26-12-22(25-20(26)28)8-14-3-1-2-4-15(14)9-22/h1-4,8-9,13,16-18H,5-7,10-12H2,(H,25,28)(H3,23,24,27). The van der Waals surface area contributed by atoms with Crippen LogP contribution in [-0.2, 0) is 0 Å². The van der Waals surface area contributed by atoms with Gasteiger partial charge < -0.3 is 21.3 Å². The average Bonchev–Trinajstić information content (AvgIpc) is 3.11. The van der Waals surface area contributed by atoms with Crippen molar-refractivity contribution >= 4 is 24.2 Å². The lowest BCUT2D eigenvalue weighted by Crippen LogP contribution is -2.67. The van der Waals surface area contributed by atoms with Gasteiger partial charge in [0.1, 0.15) is 0 Å². The summed E-state index contributed by atoms with van der Waals surface area (Å²) in [6.07, 6.45) is 9.65. The first-order valence-corrected chi connectivity index (χ1v) is 10.4. The van der Waals surface area contributed by atoms with Gasteiger partial charge in [-0.1, -0.05) is 24.3 Å². The van der Waals surface area contributed by atoms with E-state index in [2.05, 4.69) is 39.8 Å². The molecule has 0 radical (unpaired) electrons. The fraction of sp³-hybridized carbons (Fsp3) is 0.545. The molecule has 4 amide bonds. The summed E-state index contributed by atoms with van der Waals surface area (Å²) in [7, 11) is 0. The second-order valence-electron chi connectivity index (χ2n) is 9.75. The second-order valence-corrected chi connectivity index (χ2v) is 9.75. The Hall–Kier alpha value is -2.50. The van der Waals surface area contributed by atoms with Gasteiger partial charge in [0, 0.05) is 11.6 Å². The molecule has 1 aliphatic heterocycles. The summed E-state index contributed by atoms with van der Waals surface area (Å²) in [5.74, 6) is 1.54. The highest BCUT2D eigenvalue weighted by atomic mass is 16.2. The fourth-order valence-electron chi connectivity index (χ4n) is 7.36. The van der Waals surface area contributed by atoms with E-state index >= 15 is 0 Å². The molecule has 4 N–H and O–H groups in total. The third-order valence-electron chi connectivity index (χ3n) is 7.83. The highest BCUT2D eigenvalue weighted by Gasteiger charge is 2.59. The number of nitrogens with two attached hydrogens (primary N) is 1. The molecular formula is C22H26N4O2. The largest absolute Gasteiger partial charge is 0.352 e. The highest BCUT2D eigenvalue weighted by Crippen LogP contribution is 2.57. The molecule has 1 aromatic carbocycles. The molecule has 6 nitrogen and oxygen atoms in total. The van der Waals surface area contributed by atoms with Crippen molar-refractivity contribution in [3.8, 4) is 0 Å². The van der Waals surface area contributed by atoms with Crippen molar-refractivity contribution in [3.05, 3.63) is 34.7 Å². The number of hydrogen-bond acceptors (Lipinski definition) is 2. The average molecular weight is 378 g/mol. The molecule has 4 bridgehead atoms. The van der Waals surface area contributed by atoms with Gasteiger partial charge in [0.15, 0.2) is 0 Å². The van der Waals surface area contributed by atoms with Crippen LogP contribution in [0.25, 0.3) is 12.2 Å². The zero-order valence-electron chi connectivity index (χ0n) is 15.9. The van der Waals surface area contributed by atoms with Crippen molar-refractivity contribution in [1.82, 2.24) is 15.5 Å². The molecule has 7 rings (SSSR count). The number of primary amides is 1. The van der Waals surface area contributed by atoms with Crippen molar-refractivity contribution in [1.29, 1.82) is 0 Å². The van der Waals surface area contributed by atoms with E-state index in [0.29, 0.717) is 24.3 Å². The van der Waals surface area contributed by atoms with Gasteiger partial charge in [-0.15, -0.1) is 0 Å². The van der Waals surface area contributed by atoms with Crippen LogP contribution in [0.3, 0.4) is 0 Å². The van der Waals surface area contributed by atoms with Crippen LogP contribution in [0.5, 0.6) is 0 Å². The maximum Gasteiger partial charge on any atom is 0.318 e. The summed E-state index contributed by atoms with van der Waals surface area (Å²) in [6.45, 7) is 0.694. The minimum atomic E-state index is -0.413. The number of benzene rings is 1. The summed E-state index contributed by atoms with van der Waals surface area (Å²) in [5.41, 5.74) is 4.95. The molecule has 146 valence electrons. The van der Waals surface area contributed by atoms with Gasteiger partial charge in [-0.3, -0.25) is 0 Å². The molecule has 2 atom stereocenters. The molecule has 0 aromatic heterocycles. The van der Waals surface area contributed by atoms with E-state index < -0.39 is 11.6 Å². The lowest BCUT2D eigenvalue weighted by molar-refractivity contribution is -0.0686. The summed E-state index contributed by atoms with van der Waals surface area (Å²) in [4.78, 5) is 26.7. The van der Waals surface area contributed by atoms with Gasteiger partial charge >= 0.3 is 12.1 Å². The van der Waals surface area contributed by atoms with Crippen LogP contribution in [0.15, 0.2) is 24.3 Å². The Morgan fingerprint density at radius 1 is 1.11 bits per heavy atom. The van der Waals surface area contributed by atoms with Gasteiger partial charge in [0.2, 0.25) is 0 Å². The topological polar surface area (TPSA) is 87.5 Å². The first-order chi connectivity index (χ1) is 13.4. The number of hydrogen-bond donors (Lipinski definition) is 3. The number of nitrogens with one attached hydrogen (secondary N) is 2. The van der Waals surface area contributed by atoms with E-state index in [9.17, 15) is 9.59 Å².